The number of nitrogens with one attached hydrogen (secondary N) is 1. The third kappa shape index (κ3) is 4.51. The summed E-state index contributed by atoms with van der Waals surface area (Å²) in [7, 11) is 0. The van der Waals surface area contributed by atoms with Crippen LogP contribution in [-0.2, 0) is 0 Å². The van der Waals surface area contributed by atoms with Crippen LogP contribution in [0.2, 0.25) is 0 Å². The van der Waals surface area contributed by atoms with Crippen molar-refractivity contribution in [2.45, 2.75) is 32.1 Å². The number of furan rings is 1. The van der Waals surface area contributed by atoms with Crippen LogP contribution in [0.4, 0.5) is 14.5 Å². The van der Waals surface area contributed by atoms with E-state index in [-0.39, 0.29) is 23.2 Å². The molecular weight excluding hydrogens is 422 g/mol. The van der Waals surface area contributed by atoms with Gasteiger partial charge in [-0.2, -0.15) is 0 Å². The van der Waals surface area contributed by atoms with Crippen LogP contribution in [0.3, 0.4) is 0 Å². The number of allylic oxidation sites excluding steroid dienone is 1. The fraction of sp³-hybridized carbons (Fsp3) is 0.259. The van der Waals surface area contributed by atoms with Crippen LogP contribution in [-0.4, -0.2) is 12.1 Å². The van der Waals surface area contributed by atoms with E-state index in [9.17, 15) is 13.6 Å². The van der Waals surface area contributed by atoms with E-state index in [1.165, 1.54) is 49.9 Å². The summed E-state index contributed by atoms with van der Waals surface area (Å²) >= 11 is 0. The van der Waals surface area contributed by atoms with Crippen LogP contribution in [0.1, 0.15) is 54.0 Å². The number of nitrogens with zero attached hydrogens (tertiary/aromatic N) is 1. The zero-order chi connectivity index (χ0) is 22.8. The lowest BCUT2D eigenvalue weighted by atomic mass is 9.87. The molecule has 6 heteroatoms. The molecule has 1 aromatic heterocycles. The van der Waals surface area contributed by atoms with E-state index in [2.05, 4.69) is 10.3 Å². The number of para-hydroxylation sites is 1. The van der Waals surface area contributed by atoms with E-state index in [1.54, 1.807) is 36.4 Å². The molecule has 1 fully saturated rings. The van der Waals surface area contributed by atoms with E-state index in [0.29, 0.717) is 11.7 Å². The molecule has 1 unspecified atom stereocenters. The summed E-state index contributed by atoms with van der Waals surface area (Å²) in [6, 6.07) is 15.6. The zero-order valence-corrected chi connectivity index (χ0v) is 18.1. The predicted molar refractivity (Wildman–Crippen MR) is 125 cm³/mol. The van der Waals surface area contributed by atoms with E-state index in [1.807, 2.05) is 6.21 Å². The quantitative estimate of drug-likeness (QED) is 0.445. The molecule has 0 spiro atoms. The number of anilines is 1. The van der Waals surface area contributed by atoms with Gasteiger partial charge in [-0.15, -0.1) is 0 Å². The van der Waals surface area contributed by atoms with Crippen molar-refractivity contribution in [3.63, 3.8) is 0 Å². The minimum atomic E-state index is -0.526. The number of carbonyl (C=O) groups is 1. The molecule has 4 nitrogen and oxygen atoms in total. The maximum Gasteiger partial charge on any atom is 0.291 e. The Hall–Kier alpha value is -3.54. The summed E-state index contributed by atoms with van der Waals surface area (Å²) in [6.45, 7) is 0. The molecule has 2 heterocycles. The number of aliphatic imine (C=N–C) groups is 1. The smallest absolute Gasteiger partial charge is 0.291 e. The minimum Gasteiger partial charge on any atom is -0.451 e. The van der Waals surface area contributed by atoms with E-state index >= 15 is 0 Å². The van der Waals surface area contributed by atoms with Crippen molar-refractivity contribution < 1.29 is 18.0 Å². The third-order valence-corrected chi connectivity index (χ3v) is 6.41. The number of hydrogen-bond acceptors (Lipinski definition) is 3. The van der Waals surface area contributed by atoms with Gasteiger partial charge in [0.05, 0.1) is 11.4 Å². The van der Waals surface area contributed by atoms with Gasteiger partial charge in [-0.25, -0.2) is 8.78 Å². The maximum atomic E-state index is 13.9. The molecule has 1 amide bonds. The highest BCUT2D eigenvalue weighted by molar-refractivity contribution is 6.05. The van der Waals surface area contributed by atoms with Gasteiger partial charge in [0.1, 0.15) is 17.4 Å². The summed E-state index contributed by atoms with van der Waals surface area (Å²) in [4.78, 5) is 17.4. The average Bonchev–Trinajstić information content (AvgIpc) is 3.57. The van der Waals surface area contributed by atoms with Crippen LogP contribution in [0.15, 0.2) is 70.1 Å². The molecule has 2 aromatic carbocycles. The van der Waals surface area contributed by atoms with Gasteiger partial charge in [0.25, 0.3) is 5.91 Å². The van der Waals surface area contributed by atoms with Crippen molar-refractivity contribution >= 4 is 29.1 Å². The van der Waals surface area contributed by atoms with Gasteiger partial charge in [0.2, 0.25) is 0 Å². The lowest BCUT2D eigenvalue weighted by Gasteiger charge is -2.16. The Labute approximate surface area is 191 Å². The Kier molecular flexibility index (Phi) is 5.90. The fourth-order valence-corrected chi connectivity index (χ4v) is 4.76. The molecule has 0 bridgehead atoms. The highest BCUT2D eigenvalue weighted by Gasteiger charge is 2.30. The van der Waals surface area contributed by atoms with Gasteiger partial charge in [0.15, 0.2) is 5.76 Å². The second-order valence-electron chi connectivity index (χ2n) is 8.64. The standard InChI is InChI=1S/C27H24F2N2O2/c28-20-11-9-18(10-12-20)26-25(19(16-30-26)15-17-5-1-2-6-17)23-13-14-24(33-23)27(32)31-22-8-4-3-7-21(22)29/h3-4,7-14,16-17,19H,1-2,5-6,15H2,(H,31,32). The number of amides is 1. The monoisotopic (exact) mass is 446 g/mol. The molecule has 0 saturated heterocycles. The third-order valence-electron chi connectivity index (χ3n) is 6.41. The first kappa shape index (κ1) is 21.3. The van der Waals surface area contributed by atoms with Gasteiger partial charge in [-0.3, -0.25) is 9.79 Å². The predicted octanol–water partition coefficient (Wildman–Crippen LogP) is 6.96. The molecule has 1 saturated carbocycles. The van der Waals surface area contributed by atoms with Crippen LogP contribution in [0, 0.1) is 23.5 Å². The summed E-state index contributed by atoms with van der Waals surface area (Å²) in [5, 5.41) is 2.55. The first-order valence-corrected chi connectivity index (χ1v) is 11.3. The van der Waals surface area contributed by atoms with Gasteiger partial charge in [-0.1, -0.05) is 37.8 Å². The average molecular weight is 446 g/mol. The molecule has 33 heavy (non-hydrogen) atoms. The topological polar surface area (TPSA) is 54.6 Å². The lowest BCUT2D eigenvalue weighted by Crippen LogP contribution is -2.12. The normalized spacial score (nSPS) is 18.3. The first-order chi connectivity index (χ1) is 16.1. The molecular formula is C27H24F2N2O2. The molecule has 1 N–H and O–H groups in total. The lowest BCUT2D eigenvalue weighted by molar-refractivity contribution is 0.0995. The second kappa shape index (κ2) is 9.14. The summed E-state index contributed by atoms with van der Waals surface area (Å²) in [5.41, 5.74) is 2.52. The number of carbonyl (C=O) groups excluding carboxylic acids is 1. The summed E-state index contributed by atoms with van der Waals surface area (Å²) < 4.78 is 33.4. The number of rotatable bonds is 6. The molecule has 3 aromatic rings. The Morgan fingerprint density at radius 2 is 1.76 bits per heavy atom. The highest BCUT2D eigenvalue weighted by Crippen LogP contribution is 2.42. The SMILES string of the molecule is O=C(Nc1ccccc1F)c1ccc(C2=C(c3ccc(F)cc3)N=CC2CC2CCCC2)o1. The van der Waals surface area contributed by atoms with Crippen LogP contribution in [0.5, 0.6) is 0 Å². The fourth-order valence-electron chi connectivity index (χ4n) is 4.76. The van der Waals surface area contributed by atoms with Gasteiger partial charge < -0.3 is 9.73 Å². The molecule has 1 aliphatic carbocycles. The van der Waals surface area contributed by atoms with Crippen LogP contribution in [0.25, 0.3) is 11.3 Å². The summed E-state index contributed by atoms with van der Waals surface area (Å²) in [5.74, 6) is -0.0272. The van der Waals surface area contributed by atoms with E-state index < -0.39 is 11.7 Å². The number of hydrogen-bond donors (Lipinski definition) is 1. The van der Waals surface area contributed by atoms with Crippen molar-refractivity contribution in [3.05, 3.63) is 89.4 Å². The van der Waals surface area contributed by atoms with Gasteiger partial charge in [0, 0.05) is 23.3 Å². The van der Waals surface area contributed by atoms with Gasteiger partial charge >= 0.3 is 0 Å². The van der Waals surface area contributed by atoms with Crippen LogP contribution >= 0.6 is 0 Å². The van der Waals surface area contributed by atoms with Crippen molar-refractivity contribution in [3.8, 4) is 0 Å². The second-order valence-corrected chi connectivity index (χ2v) is 8.64. The molecule has 2 aliphatic rings. The molecule has 5 rings (SSSR count). The van der Waals surface area contributed by atoms with Crippen molar-refractivity contribution in [2.24, 2.45) is 16.8 Å². The molecule has 1 aliphatic heterocycles. The Morgan fingerprint density at radius 3 is 2.52 bits per heavy atom. The van der Waals surface area contributed by atoms with Crippen molar-refractivity contribution in [2.75, 3.05) is 5.32 Å². The Bertz CT molecular complexity index is 1220. The number of halogens is 2. The molecule has 1 atom stereocenters. The van der Waals surface area contributed by atoms with Crippen molar-refractivity contribution in [1.82, 2.24) is 0 Å². The highest BCUT2D eigenvalue weighted by atomic mass is 19.1. The molecule has 0 radical (unpaired) electrons. The molecule has 168 valence electrons. The van der Waals surface area contributed by atoms with E-state index in [4.69, 9.17) is 4.42 Å². The van der Waals surface area contributed by atoms with Gasteiger partial charge in [-0.05, 0) is 60.9 Å². The van der Waals surface area contributed by atoms with Crippen LogP contribution < -0.4 is 5.32 Å². The zero-order valence-electron chi connectivity index (χ0n) is 18.1. The first-order valence-electron chi connectivity index (χ1n) is 11.3. The van der Waals surface area contributed by atoms with Crippen molar-refractivity contribution in [1.29, 1.82) is 0 Å². The summed E-state index contributed by atoms with van der Waals surface area (Å²) in [6.07, 6.45) is 7.81. The Balaban J connectivity index is 1.46. The Morgan fingerprint density at radius 1 is 1.00 bits per heavy atom. The number of benzene rings is 2. The van der Waals surface area contributed by atoms with E-state index in [0.717, 1.165) is 23.3 Å². The maximum absolute atomic E-state index is 13.9. The largest absolute Gasteiger partial charge is 0.451 e. The minimum absolute atomic E-state index is 0.0572.